The van der Waals surface area contributed by atoms with Crippen LogP contribution in [0.25, 0.3) is 22.5 Å². The molecule has 0 amide bonds. The second-order valence-electron chi connectivity index (χ2n) is 4.95. The molecule has 3 aromatic rings. The second-order valence-corrected chi connectivity index (χ2v) is 4.95. The van der Waals surface area contributed by atoms with Gasteiger partial charge in [-0.25, -0.2) is 0 Å². The zero-order valence-corrected chi connectivity index (χ0v) is 12.5. The number of aromatic nitrogens is 1. The maximum atomic E-state index is 10.3. The molecule has 0 aliphatic rings. The molecule has 0 saturated heterocycles. The first-order chi connectivity index (χ1) is 10.7. The highest BCUT2D eigenvalue weighted by Crippen LogP contribution is 2.40. The molecular formula is C18H17NO3. The fraction of sp³-hybridized carbons (Fsp3) is 0.167. The van der Waals surface area contributed by atoms with E-state index in [1.165, 1.54) is 0 Å². The first kappa shape index (κ1) is 14.2. The Bertz CT molecular complexity index is 778. The molecule has 2 aromatic carbocycles. The summed E-state index contributed by atoms with van der Waals surface area (Å²) in [5.41, 5.74) is 3.28. The SMILES string of the molecule is CCOc1ccc(-c2onc(C)c2-c2ccccc2)c(O)c1. The van der Waals surface area contributed by atoms with Gasteiger partial charge >= 0.3 is 0 Å². The van der Waals surface area contributed by atoms with Crippen LogP contribution in [0.2, 0.25) is 0 Å². The van der Waals surface area contributed by atoms with Gasteiger partial charge in [0.15, 0.2) is 5.76 Å². The number of hydrogen-bond acceptors (Lipinski definition) is 4. The van der Waals surface area contributed by atoms with E-state index in [0.29, 0.717) is 23.7 Å². The van der Waals surface area contributed by atoms with Crippen LogP contribution in [0.5, 0.6) is 11.5 Å². The molecule has 0 spiro atoms. The largest absolute Gasteiger partial charge is 0.507 e. The molecule has 0 bridgehead atoms. The zero-order chi connectivity index (χ0) is 15.5. The van der Waals surface area contributed by atoms with Crippen LogP contribution in [0.3, 0.4) is 0 Å². The molecule has 0 atom stereocenters. The Kier molecular flexibility index (Phi) is 3.83. The quantitative estimate of drug-likeness (QED) is 0.774. The fourth-order valence-corrected chi connectivity index (χ4v) is 2.46. The zero-order valence-electron chi connectivity index (χ0n) is 12.5. The van der Waals surface area contributed by atoms with E-state index in [2.05, 4.69) is 5.16 Å². The lowest BCUT2D eigenvalue weighted by molar-refractivity contribution is 0.337. The summed E-state index contributed by atoms with van der Waals surface area (Å²) in [5, 5.41) is 14.3. The van der Waals surface area contributed by atoms with E-state index < -0.39 is 0 Å². The van der Waals surface area contributed by atoms with Crippen LogP contribution in [-0.4, -0.2) is 16.9 Å². The smallest absolute Gasteiger partial charge is 0.178 e. The van der Waals surface area contributed by atoms with Crippen molar-refractivity contribution in [3.63, 3.8) is 0 Å². The predicted molar refractivity (Wildman–Crippen MR) is 84.9 cm³/mol. The number of nitrogens with zero attached hydrogens (tertiary/aromatic N) is 1. The van der Waals surface area contributed by atoms with Crippen molar-refractivity contribution in [1.82, 2.24) is 5.16 Å². The summed E-state index contributed by atoms with van der Waals surface area (Å²) in [5.74, 6) is 1.30. The Morgan fingerprint density at radius 2 is 1.91 bits per heavy atom. The maximum absolute atomic E-state index is 10.3. The molecule has 0 saturated carbocycles. The Morgan fingerprint density at radius 3 is 2.59 bits per heavy atom. The van der Waals surface area contributed by atoms with Crippen LogP contribution in [-0.2, 0) is 0 Å². The number of phenolic OH excluding ortho intramolecular Hbond substituents is 1. The van der Waals surface area contributed by atoms with Crippen molar-refractivity contribution in [3.8, 4) is 33.9 Å². The Balaban J connectivity index is 2.10. The predicted octanol–water partition coefficient (Wildman–Crippen LogP) is 4.42. The molecule has 0 radical (unpaired) electrons. The summed E-state index contributed by atoms with van der Waals surface area (Å²) in [6.45, 7) is 4.34. The third-order valence-corrected chi connectivity index (χ3v) is 3.45. The molecule has 4 heteroatoms. The molecule has 1 aromatic heterocycles. The van der Waals surface area contributed by atoms with E-state index in [0.717, 1.165) is 16.8 Å². The standard InChI is InChI=1S/C18H17NO3/c1-3-21-14-9-10-15(16(20)11-14)18-17(12(2)19-22-18)13-7-5-4-6-8-13/h4-11,20H,3H2,1-2H3. The highest BCUT2D eigenvalue weighted by atomic mass is 16.5. The number of hydrogen-bond donors (Lipinski definition) is 1. The molecule has 0 fully saturated rings. The van der Waals surface area contributed by atoms with Gasteiger partial charge in [-0.05, 0) is 31.5 Å². The van der Waals surface area contributed by atoms with Crippen LogP contribution >= 0.6 is 0 Å². The van der Waals surface area contributed by atoms with Crippen molar-refractivity contribution < 1.29 is 14.4 Å². The van der Waals surface area contributed by atoms with Crippen LogP contribution in [0.4, 0.5) is 0 Å². The molecular weight excluding hydrogens is 278 g/mol. The normalized spacial score (nSPS) is 10.6. The highest BCUT2D eigenvalue weighted by molar-refractivity contribution is 5.83. The topological polar surface area (TPSA) is 55.5 Å². The summed E-state index contributed by atoms with van der Waals surface area (Å²) in [7, 11) is 0. The molecule has 22 heavy (non-hydrogen) atoms. The van der Waals surface area contributed by atoms with Crippen LogP contribution in [0.1, 0.15) is 12.6 Å². The van der Waals surface area contributed by atoms with E-state index in [9.17, 15) is 5.11 Å². The molecule has 3 rings (SSSR count). The van der Waals surface area contributed by atoms with Gasteiger partial charge in [-0.15, -0.1) is 0 Å². The van der Waals surface area contributed by atoms with E-state index >= 15 is 0 Å². The lowest BCUT2D eigenvalue weighted by atomic mass is 9.99. The van der Waals surface area contributed by atoms with Crippen molar-refractivity contribution in [2.45, 2.75) is 13.8 Å². The molecule has 1 heterocycles. The van der Waals surface area contributed by atoms with Gasteiger partial charge in [-0.3, -0.25) is 0 Å². The average Bonchev–Trinajstić information content (AvgIpc) is 2.90. The maximum Gasteiger partial charge on any atom is 0.178 e. The summed E-state index contributed by atoms with van der Waals surface area (Å²) in [4.78, 5) is 0. The van der Waals surface area contributed by atoms with E-state index in [4.69, 9.17) is 9.26 Å². The summed E-state index contributed by atoms with van der Waals surface area (Å²) < 4.78 is 10.9. The van der Waals surface area contributed by atoms with E-state index in [-0.39, 0.29) is 5.75 Å². The number of aryl methyl sites for hydroxylation is 1. The third kappa shape index (κ3) is 2.55. The summed E-state index contributed by atoms with van der Waals surface area (Å²) in [6.07, 6.45) is 0. The molecule has 112 valence electrons. The van der Waals surface area contributed by atoms with Crippen LogP contribution < -0.4 is 4.74 Å². The number of aromatic hydroxyl groups is 1. The Morgan fingerprint density at radius 1 is 1.14 bits per heavy atom. The molecule has 0 unspecified atom stereocenters. The van der Waals surface area contributed by atoms with Crippen molar-refractivity contribution in [2.75, 3.05) is 6.61 Å². The lowest BCUT2D eigenvalue weighted by Gasteiger charge is -2.08. The van der Waals surface area contributed by atoms with Crippen molar-refractivity contribution >= 4 is 0 Å². The number of ether oxygens (including phenoxy) is 1. The monoisotopic (exact) mass is 295 g/mol. The average molecular weight is 295 g/mol. The van der Waals surface area contributed by atoms with Crippen molar-refractivity contribution in [2.24, 2.45) is 0 Å². The minimum atomic E-state index is 0.110. The molecule has 0 aliphatic heterocycles. The highest BCUT2D eigenvalue weighted by Gasteiger charge is 2.19. The van der Waals surface area contributed by atoms with E-state index in [1.54, 1.807) is 12.1 Å². The number of rotatable bonds is 4. The lowest BCUT2D eigenvalue weighted by Crippen LogP contribution is -1.91. The van der Waals surface area contributed by atoms with E-state index in [1.807, 2.05) is 50.2 Å². The minimum absolute atomic E-state index is 0.110. The minimum Gasteiger partial charge on any atom is -0.507 e. The van der Waals surface area contributed by atoms with Gasteiger partial charge in [0.25, 0.3) is 0 Å². The van der Waals surface area contributed by atoms with Gasteiger partial charge in [-0.1, -0.05) is 35.5 Å². The Labute approximate surface area is 129 Å². The van der Waals surface area contributed by atoms with Gasteiger partial charge in [0.2, 0.25) is 0 Å². The van der Waals surface area contributed by atoms with Crippen LogP contribution in [0.15, 0.2) is 53.1 Å². The van der Waals surface area contributed by atoms with Gasteiger partial charge in [0.05, 0.1) is 23.4 Å². The first-order valence-electron chi connectivity index (χ1n) is 7.18. The third-order valence-electron chi connectivity index (χ3n) is 3.45. The fourth-order valence-electron chi connectivity index (χ4n) is 2.46. The van der Waals surface area contributed by atoms with Crippen LogP contribution in [0, 0.1) is 6.92 Å². The summed E-state index contributed by atoms with van der Waals surface area (Å²) in [6, 6.07) is 15.1. The molecule has 4 nitrogen and oxygen atoms in total. The van der Waals surface area contributed by atoms with Gasteiger partial charge in [-0.2, -0.15) is 0 Å². The van der Waals surface area contributed by atoms with Crippen molar-refractivity contribution in [3.05, 3.63) is 54.2 Å². The van der Waals surface area contributed by atoms with Gasteiger partial charge < -0.3 is 14.4 Å². The van der Waals surface area contributed by atoms with Gasteiger partial charge in [0.1, 0.15) is 11.5 Å². The Hall–Kier alpha value is -2.75. The van der Waals surface area contributed by atoms with Gasteiger partial charge in [0, 0.05) is 6.07 Å². The molecule has 0 aliphatic carbocycles. The molecule has 1 N–H and O–H groups in total. The summed E-state index contributed by atoms with van der Waals surface area (Å²) >= 11 is 0. The number of benzene rings is 2. The van der Waals surface area contributed by atoms with Crippen molar-refractivity contribution in [1.29, 1.82) is 0 Å². The second kappa shape index (κ2) is 5.93. The number of phenols is 1. The first-order valence-corrected chi connectivity index (χ1v) is 7.18.